The Morgan fingerprint density at radius 2 is 1.78 bits per heavy atom. The Morgan fingerprint density at radius 1 is 0.875 bits per heavy atom. The molecule has 0 saturated heterocycles. The predicted molar refractivity (Wildman–Crippen MR) is 113 cm³/mol. The number of aromatic amines is 1. The Kier molecular flexibility index (Phi) is 4.74. The fourth-order valence-electron chi connectivity index (χ4n) is 3.18. The van der Waals surface area contributed by atoms with Gasteiger partial charge in [-0.2, -0.15) is 13.2 Å². The Balaban J connectivity index is 1.39. The first kappa shape index (κ1) is 19.6. The van der Waals surface area contributed by atoms with Gasteiger partial charge in [-0.3, -0.25) is 0 Å². The molecule has 5 aromatic rings. The first-order valence-electron chi connectivity index (χ1n) is 9.48. The van der Waals surface area contributed by atoms with Gasteiger partial charge in [0.15, 0.2) is 0 Å². The van der Waals surface area contributed by atoms with Crippen LogP contribution in [0.15, 0.2) is 73.4 Å². The smallest absolute Gasteiger partial charge is 0.339 e. The molecule has 3 heterocycles. The van der Waals surface area contributed by atoms with Crippen molar-refractivity contribution in [3.05, 3.63) is 79.0 Å². The number of nitrogens with one attached hydrogen (secondary N) is 2. The van der Waals surface area contributed by atoms with Crippen LogP contribution in [-0.4, -0.2) is 29.9 Å². The minimum absolute atomic E-state index is 0.319. The SMILES string of the molecule is FC(F)(F)c1ccc2nc(-c3cccc(Nc4cnc(-c5ccncn5)cn4)c3)[nH]c2c1. The standard InChI is InChI=1S/C22H14F3N7/c23-22(24,25)14-4-5-17-18(9-14)32-21(31-17)13-2-1-3-15(8-13)30-20-11-27-19(10-28-20)16-6-7-26-12-29-16/h1-12H,(H,28,30)(H,31,32). The summed E-state index contributed by atoms with van der Waals surface area (Å²) >= 11 is 0. The Bertz CT molecular complexity index is 1380. The van der Waals surface area contributed by atoms with Crippen molar-refractivity contribution in [2.24, 2.45) is 0 Å². The van der Waals surface area contributed by atoms with Crippen molar-refractivity contribution in [3.8, 4) is 22.8 Å². The monoisotopic (exact) mass is 433 g/mol. The maximum Gasteiger partial charge on any atom is 0.416 e. The highest BCUT2D eigenvalue weighted by Crippen LogP contribution is 2.32. The van der Waals surface area contributed by atoms with Crippen LogP contribution in [-0.2, 0) is 6.18 Å². The van der Waals surface area contributed by atoms with Crippen LogP contribution in [0.5, 0.6) is 0 Å². The van der Waals surface area contributed by atoms with Crippen molar-refractivity contribution in [3.63, 3.8) is 0 Å². The molecule has 0 radical (unpaired) electrons. The second-order valence-electron chi connectivity index (χ2n) is 6.90. The Labute approximate surface area is 179 Å². The number of anilines is 2. The van der Waals surface area contributed by atoms with Crippen LogP contribution in [0.25, 0.3) is 33.8 Å². The normalized spacial score (nSPS) is 11.6. The van der Waals surface area contributed by atoms with Crippen molar-refractivity contribution < 1.29 is 13.2 Å². The summed E-state index contributed by atoms with van der Waals surface area (Å²) in [4.78, 5) is 24.1. The third kappa shape index (κ3) is 3.97. The number of aromatic nitrogens is 6. The second kappa shape index (κ2) is 7.73. The lowest BCUT2D eigenvalue weighted by molar-refractivity contribution is -0.137. The highest BCUT2D eigenvalue weighted by Gasteiger charge is 2.30. The van der Waals surface area contributed by atoms with Crippen molar-refractivity contribution in [1.29, 1.82) is 0 Å². The number of nitrogens with zero attached hydrogens (tertiary/aromatic N) is 5. The van der Waals surface area contributed by atoms with Gasteiger partial charge < -0.3 is 10.3 Å². The highest BCUT2D eigenvalue weighted by molar-refractivity contribution is 5.81. The van der Waals surface area contributed by atoms with Gasteiger partial charge in [0.1, 0.15) is 23.7 Å². The summed E-state index contributed by atoms with van der Waals surface area (Å²) in [7, 11) is 0. The molecule has 3 aromatic heterocycles. The Morgan fingerprint density at radius 3 is 2.53 bits per heavy atom. The van der Waals surface area contributed by atoms with E-state index in [9.17, 15) is 13.2 Å². The van der Waals surface area contributed by atoms with Gasteiger partial charge >= 0.3 is 6.18 Å². The van der Waals surface area contributed by atoms with E-state index in [0.29, 0.717) is 39.6 Å². The van der Waals surface area contributed by atoms with E-state index >= 15 is 0 Å². The lowest BCUT2D eigenvalue weighted by Gasteiger charge is -2.07. The molecule has 0 aliphatic rings. The number of hydrogen-bond acceptors (Lipinski definition) is 6. The maximum atomic E-state index is 13.0. The summed E-state index contributed by atoms with van der Waals surface area (Å²) in [6, 6.07) is 12.5. The molecular formula is C22H14F3N7. The molecule has 0 amide bonds. The quantitative estimate of drug-likeness (QED) is 0.403. The number of rotatable bonds is 4. The highest BCUT2D eigenvalue weighted by atomic mass is 19.4. The topological polar surface area (TPSA) is 92.3 Å². The summed E-state index contributed by atoms with van der Waals surface area (Å²) in [5.41, 5.74) is 2.77. The third-order valence-corrected chi connectivity index (χ3v) is 4.71. The van der Waals surface area contributed by atoms with E-state index < -0.39 is 11.7 Å². The van der Waals surface area contributed by atoms with Crippen LogP contribution in [0, 0.1) is 0 Å². The largest absolute Gasteiger partial charge is 0.416 e. The van der Waals surface area contributed by atoms with E-state index in [4.69, 9.17) is 0 Å². The maximum absolute atomic E-state index is 13.0. The van der Waals surface area contributed by atoms with Crippen molar-refractivity contribution in [2.75, 3.05) is 5.32 Å². The third-order valence-electron chi connectivity index (χ3n) is 4.71. The molecule has 0 bridgehead atoms. The van der Waals surface area contributed by atoms with Gasteiger partial charge in [0.25, 0.3) is 0 Å². The van der Waals surface area contributed by atoms with Gasteiger partial charge in [0, 0.05) is 17.4 Å². The van der Waals surface area contributed by atoms with Gasteiger partial charge in [-0.1, -0.05) is 12.1 Å². The summed E-state index contributed by atoms with van der Waals surface area (Å²) in [6.07, 6.45) is 1.85. The zero-order valence-corrected chi connectivity index (χ0v) is 16.3. The van der Waals surface area contributed by atoms with E-state index in [2.05, 4.69) is 35.2 Å². The first-order valence-corrected chi connectivity index (χ1v) is 9.48. The van der Waals surface area contributed by atoms with E-state index in [-0.39, 0.29) is 0 Å². The predicted octanol–water partition coefficient (Wildman–Crippen LogP) is 5.24. The van der Waals surface area contributed by atoms with Crippen LogP contribution >= 0.6 is 0 Å². The van der Waals surface area contributed by atoms with Crippen molar-refractivity contribution in [1.82, 2.24) is 29.9 Å². The molecule has 0 aliphatic heterocycles. The fourth-order valence-corrected chi connectivity index (χ4v) is 3.18. The number of benzene rings is 2. The summed E-state index contributed by atoms with van der Waals surface area (Å²) in [5.74, 6) is 0.993. The van der Waals surface area contributed by atoms with Crippen molar-refractivity contribution >= 4 is 22.5 Å². The minimum Gasteiger partial charge on any atom is -0.339 e. The molecule has 5 rings (SSSR count). The number of alkyl halides is 3. The second-order valence-corrected chi connectivity index (χ2v) is 6.90. The molecule has 0 spiro atoms. The molecule has 0 fully saturated rings. The molecule has 0 saturated carbocycles. The molecule has 32 heavy (non-hydrogen) atoms. The summed E-state index contributed by atoms with van der Waals surface area (Å²) in [5, 5.41) is 3.16. The van der Waals surface area contributed by atoms with Crippen LogP contribution in [0.2, 0.25) is 0 Å². The van der Waals surface area contributed by atoms with Gasteiger partial charge in [-0.25, -0.2) is 24.9 Å². The molecule has 7 nitrogen and oxygen atoms in total. The minimum atomic E-state index is -4.41. The van der Waals surface area contributed by atoms with Crippen molar-refractivity contribution in [2.45, 2.75) is 6.18 Å². The van der Waals surface area contributed by atoms with E-state index in [1.807, 2.05) is 24.3 Å². The van der Waals surface area contributed by atoms with Gasteiger partial charge in [-0.05, 0) is 36.4 Å². The molecule has 2 N–H and O–H groups in total. The molecule has 0 aliphatic carbocycles. The molecule has 0 unspecified atom stereocenters. The molecular weight excluding hydrogens is 419 g/mol. The molecule has 0 atom stereocenters. The molecule has 158 valence electrons. The van der Waals surface area contributed by atoms with Crippen LogP contribution in [0.1, 0.15) is 5.56 Å². The van der Waals surface area contributed by atoms with E-state index in [0.717, 1.165) is 17.8 Å². The van der Waals surface area contributed by atoms with Gasteiger partial charge in [0.05, 0.1) is 34.7 Å². The summed E-state index contributed by atoms with van der Waals surface area (Å²) < 4.78 is 38.9. The molecule has 2 aromatic carbocycles. The fraction of sp³-hybridized carbons (Fsp3) is 0.0455. The van der Waals surface area contributed by atoms with E-state index in [1.54, 1.807) is 24.7 Å². The number of imidazole rings is 1. The average molecular weight is 433 g/mol. The number of hydrogen-bond donors (Lipinski definition) is 2. The first-order chi connectivity index (χ1) is 15.5. The van der Waals surface area contributed by atoms with E-state index in [1.165, 1.54) is 12.4 Å². The average Bonchev–Trinajstić information content (AvgIpc) is 3.23. The zero-order valence-electron chi connectivity index (χ0n) is 16.3. The van der Waals surface area contributed by atoms with Crippen LogP contribution in [0.4, 0.5) is 24.7 Å². The number of H-pyrrole nitrogens is 1. The summed E-state index contributed by atoms with van der Waals surface area (Å²) in [6.45, 7) is 0. The zero-order chi connectivity index (χ0) is 22.1. The lowest BCUT2D eigenvalue weighted by Crippen LogP contribution is -2.04. The number of fused-ring (bicyclic) bond motifs is 1. The molecule has 10 heteroatoms. The van der Waals surface area contributed by atoms with Crippen LogP contribution < -0.4 is 5.32 Å². The Hall–Kier alpha value is -4.34. The van der Waals surface area contributed by atoms with Crippen LogP contribution in [0.3, 0.4) is 0 Å². The lowest BCUT2D eigenvalue weighted by atomic mass is 10.2. The van der Waals surface area contributed by atoms with Gasteiger partial charge in [-0.15, -0.1) is 0 Å². The number of halogens is 3. The van der Waals surface area contributed by atoms with Gasteiger partial charge in [0.2, 0.25) is 0 Å².